The second kappa shape index (κ2) is 9.44. The second-order valence-electron chi connectivity index (χ2n) is 9.09. The number of aromatic nitrogens is 4. The zero-order chi connectivity index (χ0) is 26.4. The van der Waals surface area contributed by atoms with Crippen molar-refractivity contribution >= 4 is 15.9 Å². The zero-order valence-electron chi connectivity index (χ0n) is 21.0. The molecule has 0 aliphatic carbocycles. The van der Waals surface area contributed by atoms with E-state index in [1.807, 2.05) is 98.0 Å². The first-order chi connectivity index (χ1) is 17.7. The Balaban J connectivity index is 1.88. The summed E-state index contributed by atoms with van der Waals surface area (Å²) in [5, 5.41) is 10.4. The highest BCUT2D eigenvalue weighted by Gasteiger charge is 2.34. The quantitative estimate of drug-likeness (QED) is 0.332. The van der Waals surface area contributed by atoms with Crippen LogP contribution >= 0.6 is 15.9 Å². The van der Waals surface area contributed by atoms with Crippen LogP contribution in [0.25, 0.3) is 11.4 Å². The van der Waals surface area contributed by atoms with Gasteiger partial charge in [0, 0.05) is 35.9 Å². The van der Waals surface area contributed by atoms with Crippen LogP contribution in [0.15, 0.2) is 92.9 Å². The normalized spacial score (nSPS) is 11.4. The molecular formula is C29H27BrN4O3. The summed E-state index contributed by atoms with van der Waals surface area (Å²) in [5.74, 6) is -0.675. The molecule has 3 aromatic carbocycles. The number of hydrogen-bond donors (Lipinski definition) is 1. The Morgan fingerprint density at radius 3 is 1.57 bits per heavy atom. The van der Waals surface area contributed by atoms with E-state index in [1.165, 1.54) is 0 Å². The van der Waals surface area contributed by atoms with Gasteiger partial charge in [-0.15, -0.1) is 0 Å². The summed E-state index contributed by atoms with van der Waals surface area (Å²) >= 11 is 3.62. The summed E-state index contributed by atoms with van der Waals surface area (Å²) < 4.78 is 7.54. The van der Waals surface area contributed by atoms with Crippen molar-refractivity contribution in [3.63, 3.8) is 0 Å². The summed E-state index contributed by atoms with van der Waals surface area (Å²) in [7, 11) is 3.67. The number of para-hydroxylation sites is 2. The number of benzene rings is 3. The summed E-state index contributed by atoms with van der Waals surface area (Å²) in [4.78, 5) is 28.3. The van der Waals surface area contributed by atoms with Crippen molar-refractivity contribution in [2.45, 2.75) is 19.8 Å². The molecule has 0 saturated heterocycles. The first kappa shape index (κ1) is 24.6. The van der Waals surface area contributed by atoms with E-state index < -0.39 is 5.92 Å². The molecule has 0 atom stereocenters. The standard InChI is InChI=1S/C29H27BrN4O3/c1-18-25(28(36)33(31(18)3)20-11-7-5-8-12-20)27(23-17-22(35)15-16-24(23)30)26-19(2)32(4)34(29(26)37)21-13-9-6-10-14-21/h5-17,27,35H,1-4H3. The number of halogens is 1. The minimum atomic E-state index is -0.728. The van der Waals surface area contributed by atoms with Gasteiger partial charge in [0.1, 0.15) is 5.75 Å². The lowest BCUT2D eigenvalue weighted by Crippen LogP contribution is -2.26. The minimum absolute atomic E-state index is 0.0529. The fourth-order valence-electron chi connectivity index (χ4n) is 5.05. The van der Waals surface area contributed by atoms with Gasteiger partial charge in [-0.25, -0.2) is 9.36 Å². The maximum Gasteiger partial charge on any atom is 0.275 e. The highest BCUT2D eigenvalue weighted by atomic mass is 79.9. The van der Waals surface area contributed by atoms with Gasteiger partial charge in [-0.05, 0) is 61.9 Å². The van der Waals surface area contributed by atoms with Gasteiger partial charge in [0.15, 0.2) is 0 Å². The number of hydrogen-bond acceptors (Lipinski definition) is 3. The van der Waals surface area contributed by atoms with Crippen molar-refractivity contribution in [3.05, 3.63) is 132 Å². The van der Waals surface area contributed by atoms with E-state index in [0.717, 1.165) is 22.8 Å². The molecule has 0 aliphatic rings. The molecule has 0 bridgehead atoms. The van der Waals surface area contributed by atoms with Gasteiger partial charge in [0.05, 0.1) is 22.5 Å². The average Bonchev–Trinajstić information content (AvgIpc) is 3.25. The average molecular weight is 559 g/mol. The predicted octanol–water partition coefficient (Wildman–Crippen LogP) is 4.93. The fraction of sp³-hybridized carbons (Fsp3) is 0.172. The van der Waals surface area contributed by atoms with Gasteiger partial charge < -0.3 is 5.11 Å². The summed E-state index contributed by atoms with van der Waals surface area (Å²) in [5.41, 5.74) is 4.05. The smallest absolute Gasteiger partial charge is 0.275 e. The molecular weight excluding hydrogens is 532 g/mol. The molecule has 5 rings (SSSR count). The molecule has 37 heavy (non-hydrogen) atoms. The Kier molecular flexibility index (Phi) is 6.29. The molecule has 2 aromatic heterocycles. The number of phenols is 1. The van der Waals surface area contributed by atoms with Gasteiger partial charge >= 0.3 is 0 Å². The summed E-state index contributed by atoms with van der Waals surface area (Å²) in [6.07, 6.45) is 0. The SMILES string of the molecule is Cc1c(C(c2cc(O)ccc2Br)c2c(C)n(C)n(-c3ccccc3)c2=O)c(=O)n(-c2ccccc2)n1C. The van der Waals surface area contributed by atoms with Gasteiger partial charge in [-0.1, -0.05) is 52.3 Å². The number of phenolic OH excluding ortho intramolecular Hbond substituents is 1. The number of aromatic hydroxyl groups is 1. The van der Waals surface area contributed by atoms with Crippen LogP contribution in [0.3, 0.4) is 0 Å². The Morgan fingerprint density at radius 1 is 0.703 bits per heavy atom. The van der Waals surface area contributed by atoms with Gasteiger partial charge in [-0.3, -0.25) is 19.0 Å². The van der Waals surface area contributed by atoms with E-state index in [9.17, 15) is 14.7 Å². The molecule has 0 unspecified atom stereocenters. The van der Waals surface area contributed by atoms with Gasteiger partial charge in [0.25, 0.3) is 11.1 Å². The maximum absolute atomic E-state index is 14.1. The summed E-state index contributed by atoms with van der Waals surface area (Å²) in [6.45, 7) is 3.77. The molecule has 0 saturated carbocycles. The molecule has 0 aliphatic heterocycles. The molecule has 0 radical (unpaired) electrons. The van der Waals surface area contributed by atoms with E-state index in [4.69, 9.17) is 0 Å². The predicted molar refractivity (Wildman–Crippen MR) is 148 cm³/mol. The largest absolute Gasteiger partial charge is 0.508 e. The van der Waals surface area contributed by atoms with Gasteiger partial charge in [0.2, 0.25) is 0 Å². The second-order valence-corrected chi connectivity index (χ2v) is 9.94. The minimum Gasteiger partial charge on any atom is -0.508 e. The molecule has 0 amide bonds. The molecule has 5 aromatic rings. The monoisotopic (exact) mass is 558 g/mol. The topological polar surface area (TPSA) is 74.1 Å². The van der Waals surface area contributed by atoms with Crippen molar-refractivity contribution in [1.82, 2.24) is 18.7 Å². The first-order valence-corrected chi connectivity index (χ1v) is 12.7. The third-order valence-electron chi connectivity index (χ3n) is 7.07. The third kappa shape index (κ3) is 3.97. The Bertz CT molecular complexity index is 1620. The Morgan fingerprint density at radius 2 is 1.14 bits per heavy atom. The lowest BCUT2D eigenvalue weighted by Gasteiger charge is -2.18. The molecule has 7 nitrogen and oxygen atoms in total. The van der Waals surface area contributed by atoms with Crippen LogP contribution in [0, 0.1) is 13.8 Å². The van der Waals surface area contributed by atoms with E-state index in [0.29, 0.717) is 21.2 Å². The Labute approximate surface area is 222 Å². The van der Waals surface area contributed by atoms with Crippen molar-refractivity contribution in [2.75, 3.05) is 0 Å². The fourth-order valence-corrected chi connectivity index (χ4v) is 5.53. The molecule has 2 heterocycles. The van der Waals surface area contributed by atoms with Gasteiger partial charge in [-0.2, -0.15) is 0 Å². The zero-order valence-corrected chi connectivity index (χ0v) is 22.6. The van der Waals surface area contributed by atoms with E-state index in [2.05, 4.69) is 15.9 Å². The van der Waals surface area contributed by atoms with E-state index in [-0.39, 0.29) is 16.9 Å². The first-order valence-electron chi connectivity index (χ1n) is 11.9. The van der Waals surface area contributed by atoms with Crippen LogP contribution in [-0.4, -0.2) is 23.8 Å². The molecule has 1 N–H and O–H groups in total. The lowest BCUT2D eigenvalue weighted by atomic mass is 9.85. The van der Waals surface area contributed by atoms with Crippen molar-refractivity contribution in [2.24, 2.45) is 14.1 Å². The maximum atomic E-state index is 14.1. The molecule has 8 heteroatoms. The number of rotatable bonds is 5. The van der Waals surface area contributed by atoms with Crippen LogP contribution in [0.1, 0.15) is 34.0 Å². The van der Waals surface area contributed by atoms with Crippen LogP contribution in [0.2, 0.25) is 0 Å². The highest BCUT2D eigenvalue weighted by molar-refractivity contribution is 9.10. The van der Waals surface area contributed by atoms with Crippen molar-refractivity contribution in [3.8, 4) is 17.1 Å². The van der Waals surface area contributed by atoms with Crippen LogP contribution in [-0.2, 0) is 14.1 Å². The lowest BCUT2D eigenvalue weighted by molar-refractivity contribution is 0.474. The van der Waals surface area contributed by atoms with Crippen molar-refractivity contribution in [1.29, 1.82) is 0 Å². The Hall–Kier alpha value is -4.04. The molecule has 188 valence electrons. The van der Waals surface area contributed by atoms with Crippen LogP contribution in [0.4, 0.5) is 0 Å². The third-order valence-corrected chi connectivity index (χ3v) is 7.79. The molecule has 0 fully saturated rings. The van der Waals surface area contributed by atoms with E-state index in [1.54, 1.807) is 27.6 Å². The van der Waals surface area contributed by atoms with E-state index >= 15 is 0 Å². The van der Waals surface area contributed by atoms with Crippen LogP contribution < -0.4 is 11.1 Å². The van der Waals surface area contributed by atoms with Crippen molar-refractivity contribution < 1.29 is 5.11 Å². The molecule has 0 spiro atoms. The highest BCUT2D eigenvalue weighted by Crippen LogP contribution is 2.38. The number of nitrogens with zero attached hydrogens (tertiary/aromatic N) is 4. The summed E-state index contributed by atoms with van der Waals surface area (Å²) in [6, 6.07) is 23.8. The van der Waals surface area contributed by atoms with Crippen LogP contribution in [0.5, 0.6) is 5.75 Å².